The Morgan fingerprint density at radius 1 is 0.907 bits per heavy atom. The van der Waals surface area contributed by atoms with Gasteiger partial charge in [-0.3, -0.25) is 19.2 Å². The molecular weight excluding hydrogens is 585 g/mol. The second-order valence-corrected chi connectivity index (χ2v) is 12.0. The Morgan fingerprint density at radius 2 is 1.56 bits per heavy atom. The second kappa shape index (κ2) is 24.1. The molecule has 14 heteroatoms. The van der Waals surface area contributed by atoms with Gasteiger partial charge >= 0.3 is 13.8 Å². The first kappa shape index (κ1) is 39.8. The molecule has 13 nitrogen and oxygen atoms in total. The summed E-state index contributed by atoms with van der Waals surface area (Å²) in [4.78, 5) is 21.9. The lowest BCUT2D eigenvalue weighted by Crippen LogP contribution is -2.62. The highest BCUT2D eigenvalue weighted by Gasteiger charge is 2.43. The van der Waals surface area contributed by atoms with E-state index in [0.29, 0.717) is 6.42 Å². The number of phosphoric ester groups is 1. The molecule has 0 aromatic rings. The van der Waals surface area contributed by atoms with Crippen molar-refractivity contribution in [3.05, 3.63) is 24.3 Å². The summed E-state index contributed by atoms with van der Waals surface area (Å²) in [5, 5.41) is 50.8. The molecule has 7 N–H and O–H groups in total. The average Bonchev–Trinajstić information content (AvgIpc) is 2.99. The van der Waals surface area contributed by atoms with E-state index in [0.717, 1.165) is 44.9 Å². The van der Waals surface area contributed by atoms with E-state index in [1.54, 1.807) is 0 Å². The molecule has 0 spiro atoms. The number of aliphatic hydroxyl groups excluding tert-OH is 5. The van der Waals surface area contributed by atoms with Gasteiger partial charge in [-0.25, -0.2) is 4.57 Å². The number of hydrogen-bond donors (Lipinski definition) is 7. The van der Waals surface area contributed by atoms with Gasteiger partial charge in [0.05, 0.1) is 26.4 Å². The number of aliphatic hydroxyl groups is 5. The molecule has 0 amide bonds. The number of hydrogen-bond acceptors (Lipinski definition) is 12. The molecule has 252 valence electrons. The Balaban J connectivity index is 2.13. The summed E-state index contributed by atoms with van der Waals surface area (Å²) in [5.74, 6) is -0.536. The molecule has 0 radical (unpaired) electrons. The van der Waals surface area contributed by atoms with E-state index in [4.69, 9.17) is 18.5 Å². The Bertz CT molecular complexity index is 827. The molecule has 43 heavy (non-hydrogen) atoms. The van der Waals surface area contributed by atoms with Crippen LogP contribution >= 0.6 is 7.82 Å². The smallest absolute Gasteiger partial charge is 0.457 e. The van der Waals surface area contributed by atoms with Crippen LogP contribution < -0.4 is 5.32 Å². The van der Waals surface area contributed by atoms with E-state index in [-0.39, 0.29) is 19.6 Å². The molecule has 1 aliphatic heterocycles. The van der Waals surface area contributed by atoms with Gasteiger partial charge in [-0.1, -0.05) is 63.3 Å². The molecule has 1 heterocycles. The van der Waals surface area contributed by atoms with Crippen molar-refractivity contribution in [2.75, 3.05) is 33.0 Å². The number of esters is 1. The third-order valence-corrected chi connectivity index (χ3v) is 7.84. The zero-order chi connectivity index (χ0) is 31.9. The van der Waals surface area contributed by atoms with E-state index in [1.807, 2.05) is 0 Å². The Kier molecular flexibility index (Phi) is 22.3. The van der Waals surface area contributed by atoms with Crippen molar-refractivity contribution in [2.45, 2.75) is 121 Å². The molecular formula is C29H54NO12P. The van der Waals surface area contributed by atoms with Gasteiger partial charge in [0, 0.05) is 13.0 Å². The summed E-state index contributed by atoms with van der Waals surface area (Å²) >= 11 is 0. The molecule has 0 aromatic heterocycles. The van der Waals surface area contributed by atoms with E-state index in [2.05, 4.69) is 36.5 Å². The number of carbonyl (C=O) groups is 1. The van der Waals surface area contributed by atoms with Gasteiger partial charge in [0.1, 0.15) is 36.7 Å². The SMILES string of the molecule is CCCCCC=CCC=CCCCCCCCC(=O)OC(CO)COP(=O)(O)OCCNC1OC(CO)C(O)C(O)C1O. The summed E-state index contributed by atoms with van der Waals surface area (Å²) in [6, 6.07) is 0. The van der Waals surface area contributed by atoms with E-state index in [9.17, 15) is 39.8 Å². The number of rotatable bonds is 25. The van der Waals surface area contributed by atoms with Crippen LogP contribution in [-0.4, -0.2) is 106 Å². The van der Waals surface area contributed by atoms with Gasteiger partial charge in [-0.2, -0.15) is 0 Å². The van der Waals surface area contributed by atoms with Crippen LogP contribution in [0.15, 0.2) is 24.3 Å². The maximum atomic E-state index is 12.1. The number of phosphoric acid groups is 1. The Hall–Kier alpha value is -1.22. The molecule has 7 atom stereocenters. The van der Waals surface area contributed by atoms with Crippen LogP contribution in [0.25, 0.3) is 0 Å². The average molecular weight is 640 g/mol. The van der Waals surface area contributed by atoms with Gasteiger partial charge in [0.2, 0.25) is 0 Å². The van der Waals surface area contributed by atoms with Crippen molar-refractivity contribution in [1.29, 1.82) is 0 Å². The number of unbranched alkanes of at least 4 members (excludes halogenated alkanes) is 8. The maximum Gasteiger partial charge on any atom is 0.472 e. The van der Waals surface area contributed by atoms with Crippen LogP contribution in [-0.2, 0) is 27.9 Å². The van der Waals surface area contributed by atoms with Gasteiger partial charge in [-0.05, 0) is 38.5 Å². The third-order valence-electron chi connectivity index (χ3n) is 6.85. The molecule has 1 saturated heterocycles. The lowest BCUT2D eigenvalue weighted by molar-refractivity contribution is -0.236. The van der Waals surface area contributed by atoms with Gasteiger partial charge in [-0.15, -0.1) is 0 Å². The third kappa shape index (κ3) is 18.4. The molecule has 0 aromatic carbocycles. The highest BCUT2D eigenvalue weighted by atomic mass is 31.2. The summed E-state index contributed by atoms with van der Waals surface area (Å²) in [5.41, 5.74) is 0. The number of nitrogens with one attached hydrogen (secondary N) is 1. The zero-order valence-electron chi connectivity index (χ0n) is 25.4. The van der Waals surface area contributed by atoms with Crippen LogP contribution in [0.5, 0.6) is 0 Å². The fraction of sp³-hybridized carbons (Fsp3) is 0.828. The van der Waals surface area contributed by atoms with E-state index in [1.165, 1.54) is 19.3 Å². The predicted octanol–water partition coefficient (Wildman–Crippen LogP) is 2.23. The molecule has 1 aliphatic rings. The first-order valence-corrected chi connectivity index (χ1v) is 16.9. The lowest BCUT2D eigenvalue weighted by atomic mass is 9.98. The van der Waals surface area contributed by atoms with E-state index >= 15 is 0 Å². The fourth-order valence-electron chi connectivity index (χ4n) is 4.30. The summed E-state index contributed by atoms with van der Waals surface area (Å²) in [6.45, 7) is -0.0462. The zero-order valence-corrected chi connectivity index (χ0v) is 26.3. The second-order valence-electron chi connectivity index (χ2n) is 10.6. The first-order chi connectivity index (χ1) is 20.6. The number of carbonyl (C=O) groups excluding carboxylic acids is 1. The number of allylic oxidation sites excluding steroid dienone is 4. The molecule has 7 unspecified atom stereocenters. The normalized spacial score (nSPS) is 24.9. The van der Waals surface area contributed by atoms with Crippen LogP contribution in [0.4, 0.5) is 0 Å². The van der Waals surface area contributed by atoms with Gasteiger partial charge in [0.25, 0.3) is 0 Å². The van der Waals surface area contributed by atoms with Crippen LogP contribution in [0.1, 0.15) is 84.0 Å². The summed E-state index contributed by atoms with van der Waals surface area (Å²) in [6.07, 6.45) is 12.7. The first-order valence-electron chi connectivity index (χ1n) is 15.4. The summed E-state index contributed by atoms with van der Waals surface area (Å²) < 4.78 is 32.2. The highest BCUT2D eigenvalue weighted by Crippen LogP contribution is 2.43. The quantitative estimate of drug-likeness (QED) is 0.0332. The van der Waals surface area contributed by atoms with Crippen LogP contribution in [0.3, 0.4) is 0 Å². The largest absolute Gasteiger partial charge is 0.472 e. The standard InChI is InChI=1S/C29H54NO12P/c1-2-3-4-5-6-7-8-9-10-11-12-13-14-15-16-17-25(33)41-23(20-31)22-40-43(37,38)39-19-18-30-29-28(36)27(35)26(34)24(21-32)42-29/h6-7,9-10,23-24,26-32,34-36H,2-5,8,11-22H2,1H3,(H,37,38). The van der Waals surface area contributed by atoms with Crippen molar-refractivity contribution in [3.8, 4) is 0 Å². The minimum absolute atomic E-state index is 0.122. The molecule has 0 saturated carbocycles. The molecule has 1 fully saturated rings. The minimum Gasteiger partial charge on any atom is -0.457 e. The van der Waals surface area contributed by atoms with Crippen LogP contribution in [0, 0.1) is 0 Å². The van der Waals surface area contributed by atoms with E-state index < -0.39 is 70.4 Å². The Labute approximate surface area is 255 Å². The molecule has 1 rings (SSSR count). The molecule has 0 bridgehead atoms. The predicted molar refractivity (Wildman–Crippen MR) is 160 cm³/mol. The van der Waals surface area contributed by atoms with Crippen molar-refractivity contribution < 1.29 is 58.3 Å². The van der Waals surface area contributed by atoms with Crippen molar-refractivity contribution in [2.24, 2.45) is 0 Å². The van der Waals surface area contributed by atoms with Crippen molar-refractivity contribution in [3.63, 3.8) is 0 Å². The van der Waals surface area contributed by atoms with Crippen molar-refractivity contribution in [1.82, 2.24) is 5.32 Å². The monoisotopic (exact) mass is 639 g/mol. The maximum absolute atomic E-state index is 12.1. The van der Waals surface area contributed by atoms with Crippen molar-refractivity contribution >= 4 is 13.8 Å². The highest BCUT2D eigenvalue weighted by molar-refractivity contribution is 7.47. The topological polar surface area (TPSA) is 204 Å². The lowest BCUT2D eigenvalue weighted by Gasteiger charge is -2.40. The van der Waals surface area contributed by atoms with Gasteiger partial charge in [0.15, 0.2) is 0 Å². The fourth-order valence-corrected chi connectivity index (χ4v) is 5.05. The van der Waals surface area contributed by atoms with Crippen LogP contribution in [0.2, 0.25) is 0 Å². The molecule has 0 aliphatic carbocycles. The van der Waals surface area contributed by atoms with Gasteiger partial charge < -0.3 is 39.9 Å². The number of ether oxygens (including phenoxy) is 2. The minimum atomic E-state index is -4.56. The Morgan fingerprint density at radius 3 is 2.21 bits per heavy atom. The summed E-state index contributed by atoms with van der Waals surface area (Å²) in [7, 11) is -4.56.